The van der Waals surface area contributed by atoms with Gasteiger partial charge in [0.25, 0.3) is 0 Å². The van der Waals surface area contributed by atoms with E-state index >= 15 is 0 Å². The first-order chi connectivity index (χ1) is 9.74. The van der Waals surface area contributed by atoms with Crippen molar-refractivity contribution in [3.05, 3.63) is 42.2 Å². The van der Waals surface area contributed by atoms with Gasteiger partial charge < -0.3 is 5.32 Å². The van der Waals surface area contributed by atoms with E-state index in [1.165, 1.54) is 42.0 Å². The van der Waals surface area contributed by atoms with E-state index < -0.39 is 0 Å². The average molecular weight is 268 g/mol. The van der Waals surface area contributed by atoms with Gasteiger partial charge in [-0.05, 0) is 35.8 Å². The molecule has 1 saturated carbocycles. The number of aromatic nitrogens is 1. The summed E-state index contributed by atoms with van der Waals surface area (Å²) in [6.07, 6.45) is 9.38. The van der Waals surface area contributed by atoms with Gasteiger partial charge in [-0.15, -0.1) is 0 Å². The van der Waals surface area contributed by atoms with Gasteiger partial charge in [0.1, 0.15) is 0 Å². The summed E-state index contributed by atoms with van der Waals surface area (Å²) in [5, 5.41) is 6.33. The molecule has 0 saturated heterocycles. The minimum atomic E-state index is 0.363. The van der Waals surface area contributed by atoms with E-state index in [-0.39, 0.29) is 0 Å². The molecule has 1 aliphatic carbocycles. The summed E-state index contributed by atoms with van der Waals surface area (Å²) in [7, 11) is 0. The zero-order valence-electron chi connectivity index (χ0n) is 12.5. The van der Waals surface area contributed by atoms with Crippen LogP contribution in [0.2, 0.25) is 0 Å². The first kappa shape index (κ1) is 13.6. The van der Waals surface area contributed by atoms with E-state index in [2.05, 4.69) is 54.6 Å². The Morgan fingerprint density at radius 3 is 2.70 bits per heavy atom. The molecule has 1 fully saturated rings. The lowest BCUT2D eigenvalue weighted by Crippen LogP contribution is -2.34. The number of hydrogen-bond acceptors (Lipinski definition) is 2. The second-order valence-corrected chi connectivity index (χ2v) is 6.30. The standard InChI is InChI=1S/C18H24N2/c1-3-20-17(18(2)10-6-7-11-18)16-13-19-12-14-8-4-5-9-15(14)16/h4-5,8-9,12-13,17,20H,3,6-7,10-11H2,1-2H3. The van der Waals surface area contributed by atoms with Crippen LogP contribution in [0, 0.1) is 5.41 Å². The minimum absolute atomic E-state index is 0.363. The van der Waals surface area contributed by atoms with Gasteiger partial charge in [-0.3, -0.25) is 4.98 Å². The Morgan fingerprint density at radius 1 is 1.20 bits per heavy atom. The van der Waals surface area contributed by atoms with Crippen molar-refractivity contribution in [3.8, 4) is 0 Å². The minimum Gasteiger partial charge on any atom is -0.310 e. The predicted molar refractivity (Wildman–Crippen MR) is 84.7 cm³/mol. The van der Waals surface area contributed by atoms with Crippen molar-refractivity contribution in [2.24, 2.45) is 5.41 Å². The van der Waals surface area contributed by atoms with Gasteiger partial charge in [0.05, 0.1) is 0 Å². The van der Waals surface area contributed by atoms with Crippen LogP contribution < -0.4 is 5.32 Å². The molecule has 1 aromatic carbocycles. The fourth-order valence-electron chi connectivity index (χ4n) is 3.78. The van der Waals surface area contributed by atoms with Crippen LogP contribution in [0.15, 0.2) is 36.7 Å². The molecule has 0 spiro atoms. The normalized spacial score (nSPS) is 19.3. The lowest BCUT2D eigenvalue weighted by molar-refractivity contribution is 0.227. The molecule has 2 nitrogen and oxygen atoms in total. The third-order valence-corrected chi connectivity index (χ3v) is 4.86. The molecule has 0 aliphatic heterocycles. The van der Waals surface area contributed by atoms with Crippen molar-refractivity contribution in [3.63, 3.8) is 0 Å². The zero-order chi connectivity index (χ0) is 14.0. The molecule has 1 aliphatic rings. The van der Waals surface area contributed by atoms with E-state index in [0.29, 0.717) is 11.5 Å². The van der Waals surface area contributed by atoms with E-state index in [0.717, 1.165) is 6.54 Å². The van der Waals surface area contributed by atoms with Gasteiger partial charge in [0.2, 0.25) is 0 Å². The summed E-state index contributed by atoms with van der Waals surface area (Å²) in [6.45, 7) is 5.64. The molecule has 0 amide bonds. The second-order valence-electron chi connectivity index (χ2n) is 6.30. The third-order valence-electron chi connectivity index (χ3n) is 4.86. The Labute approximate surface area is 121 Å². The number of hydrogen-bond donors (Lipinski definition) is 1. The second kappa shape index (κ2) is 5.53. The fourth-order valence-corrected chi connectivity index (χ4v) is 3.78. The van der Waals surface area contributed by atoms with Crippen molar-refractivity contribution in [2.45, 2.75) is 45.6 Å². The Kier molecular flexibility index (Phi) is 3.75. The number of nitrogens with zero attached hydrogens (tertiary/aromatic N) is 1. The number of fused-ring (bicyclic) bond motifs is 1. The van der Waals surface area contributed by atoms with Crippen molar-refractivity contribution >= 4 is 10.8 Å². The highest BCUT2D eigenvalue weighted by atomic mass is 14.9. The van der Waals surface area contributed by atoms with Gasteiger partial charge >= 0.3 is 0 Å². The first-order valence-electron chi connectivity index (χ1n) is 7.80. The molecule has 0 bridgehead atoms. The van der Waals surface area contributed by atoms with Crippen LogP contribution in [0.1, 0.15) is 51.1 Å². The van der Waals surface area contributed by atoms with Crippen LogP contribution in [-0.4, -0.2) is 11.5 Å². The van der Waals surface area contributed by atoms with Gasteiger partial charge in [0, 0.05) is 23.8 Å². The van der Waals surface area contributed by atoms with Crippen LogP contribution in [0.5, 0.6) is 0 Å². The summed E-state index contributed by atoms with van der Waals surface area (Å²) in [4.78, 5) is 4.48. The molecule has 1 heterocycles. The van der Waals surface area contributed by atoms with Crippen molar-refractivity contribution in [2.75, 3.05) is 6.54 Å². The van der Waals surface area contributed by atoms with Crippen LogP contribution in [0.4, 0.5) is 0 Å². The summed E-state index contributed by atoms with van der Waals surface area (Å²) in [5.41, 5.74) is 1.73. The van der Waals surface area contributed by atoms with E-state index in [9.17, 15) is 0 Å². The lowest BCUT2D eigenvalue weighted by Gasteiger charge is -2.35. The third kappa shape index (κ3) is 2.33. The molecule has 1 atom stereocenters. The largest absolute Gasteiger partial charge is 0.310 e. The maximum absolute atomic E-state index is 4.48. The maximum atomic E-state index is 4.48. The van der Waals surface area contributed by atoms with Crippen molar-refractivity contribution in [1.29, 1.82) is 0 Å². The van der Waals surface area contributed by atoms with Gasteiger partial charge in [-0.25, -0.2) is 0 Å². The van der Waals surface area contributed by atoms with Crippen molar-refractivity contribution < 1.29 is 0 Å². The first-order valence-corrected chi connectivity index (χ1v) is 7.80. The Bertz CT molecular complexity index is 579. The smallest absolute Gasteiger partial charge is 0.0395 e. The molecule has 20 heavy (non-hydrogen) atoms. The monoisotopic (exact) mass is 268 g/mol. The van der Waals surface area contributed by atoms with Crippen LogP contribution in [0.3, 0.4) is 0 Å². The molecule has 1 aromatic heterocycles. The number of nitrogens with one attached hydrogen (secondary N) is 1. The predicted octanol–water partition coefficient (Wildman–Crippen LogP) is 4.47. The average Bonchev–Trinajstić information content (AvgIpc) is 2.92. The summed E-state index contributed by atoms with van der Waals surface area (Å²) in [6, 6.07) is 9.02. The summed E-state index contributed by atoms with van der Waals surface area (Å²) >= 11 is 0. The fraction of sp³-hybridized carbons (Fsp3) is 0.500. The SMILES string of the molecule is CCNC(c1cncc2ccccc12)C1(C)CCCC1. The highest BCUT2D eigenvalue weighted by molar-refractivity contribution is 5.85. The Balaban J connectivity index is 2.09. The van der Waals surface area contributed by atoms with Gasteiger partial charge in [-0.2, -0.15) is 0 Å². The van der Waals surface area contributed by atoms with Crippen LogP contribution in [-0.2, 0) is 0 Å². The zero-order valence-corrected chi connectivity index (χ0v) is 12.5. The summed E-state index contributed by atoms with van der Waals surface area (Å²) < 4.78 is 0. The molecule has 1 N–H and O–H groups in total. The molecule has 3 rings (SSSR count). The lowest BCUT2D eigenvalue weighted by atomic mass is 9.76. The number of benzene rings is 1. The highest BCUT2D eigenvalue weighted by Gasteiger charge is 2.38. The molecule has 106 valence electrons. The molecule has 2 heteroatoms. The number of pyridine rings is 1. The van der Waals surface area contributed by atoms with E-state index in [4.69, 9.17) is 0 Å². The quantitative estimate of drug-likeness (QED) is 0.885. The van der Waals surface area contributed by atoms with Crippen LogP contribution >= 0.6 is 0 Å². The molecule has 1 unspecified atom stereocenters. The molecular formula is C18H24N2. The number of rotatable bonds is 4. The maximum Gasteiger partial charge on any atom is 0.0395 e. The Hall–Kier alpha value is -1.41. The molecule has 2 aromatic rings. The van der Waals surface area contributed by atoms with Gasteiger partial charge in [-0.1, -0.05) is 51.0 Å². The molecular weight excluding hydrogens is 244 g/mol. The van der Waals surface area contributed by atoms with E-state index in [1.807, 2.05) is 6.20 Å². The summed E-state index contributed by atoms with van der Waals surface area (Å²) in [5.74, 6) is 0. The van der Waals surface area contributed by atoms with Crippen molar-refractivity contribution in [1.82, 2.24) is 10.3 Å². The van der Waals surface area contributed by atoms with E-state index in [1.54, 1.807) is 0 Å². The highest BCUT2D eigenvalue weighted by Crippen LogP contribution is 2.48. The van der Waals surface area contributed by atoms with Crippen LogP contribution in [0.25, 0.3) is 10.8 Å². The van der Waals surface area contributed by atoms with Gasteiger partial charge in [0.15, 0.2) is 0 Å². The molecule has 0 radical (unpaired) electrons. The Morgan fingerprint density at radius 2 is 1.95 bits per heavy atom. The topological polar surface area (TPSA) is 24.9 Å².